The summed E-state index contributed by atoms with van der Waals surface area (Å²) in [5.41, 5.74) is 4.94. The summed E-state index contributed by atoms with van der Waals surface area (Å²) in [4.78, 5) is 18.5. The summed E-state index contributed by atoms with van der Waals surface area (Å²) in [6.45, 7) is 0.361. The van der Waals surface area contributed by atoms with Gasteiger partial charge in [-0.25, -0.2) is 4.68 Å². The molecule has 0 amide bonds. The van der Waals surface area contributed by atoms with Crippen LogP contribution in [0.4, 0.5) is 0 Å². The first-order valence-electron chi connectivity index (χ1n) is 14.4. The second-order valence-corrected chi connectivity index (χ2v) is 11.7. The molecule has 0 saturated heterocycles. The first kappa shape index (κ1) is 29.2. The lowest BCUT2D eigenvalue weighted by Gasteiger charge is -2.08. The molecule has 0 N–H and O–H groups in total. The zero-order valence-corrected chi connectivity index (χ0v) is 26.2. The standard InChI is InChI=1S/C36H26ClN5O3S/c1-44-29-16-11-24(12-17-29)13-20-33-38-36-42(39-33)35(43)32(46-36)21-27-22-41(28-8-3-2-4-9-28)40-34(27)25-14-18-30(19-15-25)45-23-26-7-5-6-10-31(26)37/h2-22H,23H2,1H3/b20-13+,32-21-. The number of halogens is 1. The second-order valence-electron chi connectivity index (χ2n) is 10.3. The zero-order valence-electron chi connectivity index (χ0n) is 24.6. The molecule has 0 aliphatic rings. The Bertz CT molecular complexity index is 2280. The van der Waals surface area contributed by atoms with Crippen molar-refractivity contribution in [2.24, 2.45) is 0 Å². The molecule has 0 radical (unpaired) electrons. The smallest absolute Gasteiger partial charge is 0.291 e. The number of fused-ring (bicyclic) bond motifs is 1. The Morgan fingerprint density at radius 2 is 1.59 bits per heavy atom. The van der Waals surface area contributed by atoms with Crippen molar-refractivity contribution in [1.29, 1.82) is 0 Å². The van der Waals surface area contributed by atoms with E-state index in [-0.39, 0.29) is 5.56 Å². The molecule has 8 nitrogen and oxygen atoms in total. The van der Waals surface area contributed by atoms with E-state index in [4.69, 9.17) is 26.2 Å². The van der Waals surface area contributed by atoms with E-state index in [0.29, 0.717) is 32.7 Å². The van der Waals surface area contributed by atoms with Crippen LogP contribution in [0.15, 0.2) is 114 Å². The Kier molecular flexibility index (Phi) is 8.16. The Balaban J connectivity index is 1.19. The van der Waals surface area contributed by atoms with Crippen LogP contribution in [-0.2, 0) is 6.61 Å². The molecule has 0 spiro atoms. The van der Waals surface area contributed by atoms with Gasteiger partial charge in [-0.15, -0.1) is 5.10 Å². The van der Waals surface area contributed by atoms with Gasteiger partial charge in [-0.2, -0.15) is 14.6 Å². The monoisotopic (exact) mass is 643 g/mol. The molecule has 0 aliphatic carbocycles. The first-order valence-corrected chi connectivity index (χ1v) is 15.6. The minimum Gasteiger partial charge on any atom is -0.497 e. The fraction of sp³-hybridized carbons (Fsp3) is 0.0556. The largest absolute Gasteiger partial charge is 0.497 e. The van der Waals surface area contributed by atoms with Crippen molar-refractivity contribution in [3.8, 4) is 28.4 Å². The van der Waals surface area contributed by atoms with Crippen molar-refractivity contribution in [2.75, 3.05) is 7.11 Å². The number of methoxy groups -OCH3 is 1. The van der Waals surface area contributed by atoms with Crippen LogP contribution in [0.25, 0.3) is 40.1 Å². The second kappa shape index (κ2) is 12.8. The maximum absolute atomic E-state index is 13.4. The van der Waals surface area contributed by atoms with E-state index in [2.05, 4.69) is 10.1 Å². The molecule has 0 bridgehead atoms. The quantitative estimate of drug-likeness (QED) is 0.169. The van der Waals surface area contributed by atoms with Crippen LogP contribution in [-0.4, -0.2) is 31.5 Å². The topological polar surface area (TPSA) is 83.5 Å². The van der Waals surface area contributed by atoms with E-state index in [9.17, 15) is 4.79 Å². The normalized spacial score (nSPS) is 11.9. The van der Waals surface area contributed by atoms with Crippen LogP contribution in [0.1, 0.15) is 22.5 Å². The Hall–Kier alpha value is -5.51. The van der Waals surface area contributed by atoms with E-state index >= 15 is 0 Å². The van der Waals surface area contributed by atoms with Crippen LogP contribution < -0.4 is 19.6 Å². The van der Waals surface area contributed by atoms with Crippen molar-refractivity contribution in [1.82, 2.24) is 24.4 Å². The molecule has 0 fully saturated rings. The third kappa shape index (κ3) is 6.19. The van der Waals surface area contributed by atoms with E-state index in [1.165, 1.54) is 15.9 Å². The third-order valence-electron chi connectivity index (χ3n) is 7.27. The molecule has 4 aromatic carbocycles. The number of hydrogen-bond acceptors (Lipinski definition) is 7. The van der Waals surface area contributed by atoms with E-state index in [0.717, 1.165) is 39.4 Å². The molecule has 7 aromatic rings. The van der Waals surface area contributed by atoms with Gasteiger partial charge in [0, 0.05) is 27.9 Å². The van der Waals surface area contributed by atoms with Crippen LogP contribution >= 0.6 is 22.9 Å². The maximum Gasteiger partial charge on any atom is 0.291 e. The van der Waals surface area contributed by atoms with Gasteiger partial charge in [-0.3, -0.25) is 4.79 Å². The van der Waals surface area contributed by atoms with Crippen molar-refractivity contribution in [3.05, 3.63) is 152 Å². The lowest BCUT2D eigenvalue weighted by molar-refractivity contribution is 0.306. The highest BCUT2D eigenvalue weighted by Gasteiger charge is 2.14. The van der Waals surface area contributed by atoms with Crippen LogP contribution in [0.2, 0.25) is 5.02 Å². The molecular weight excluding hydrogens is 618 g/mol. The highest BCUT2D eigenvalue weighted by molar-refractivity contribution is 7.15. The van der Waals surface area contributed by atoms with Crippen molar-refractivity contribution >= 4 is 46.1 Å². The van der Waals surface area contributed by atoms with Crippen LogP contribution in [0.5, 0.6) is 11.5 Å². The van der Waals surface area contributed by atoms with Crippen molar-refractivity contribution in [3.63, 3.8) is 0 Å². The number of ether oxygens (including phenoxy) is 2. The molecular formula is C36H26ClN5O3S. The first-order chi connectivity index (χ1) is 22.5. The van der Waals surface area contributed by atoms with Gasteiger partial charge in [-0.1, -0.05) is 77.5 Å². The van der Waals surface area contributed by atoms with Crippen LogP contribution in [0, 0.1) is 0 Å². The third-order valence-corrected chi connectivity index (χ3v) is 8.60. The number of rotatable bonds is 9. The van der Waals surface area contributed by atoms with Gasteiger partial charge in [-0.05, 0) is 72.3 Å². The minimum atomic E-state index is -0.238. The maximum atomic E-state index is 13.4. The van der Waals surface area contributed by atoms with E-state index in [1.54, 1.807) is 13.2 Å². The molecule has 0 aliphatic heterocycles. The zero-order chi connectivity index (χ0) is 31.5. The van der Waals surface area contributed by atoms with E-state index < -0.39 is 0 Å². The molecule has 0 unspecified atom stereocenters. The summed E-state index contributed by atoms with van der Waals surface area (Å²) in [6, 6.07) is 32.8. The van der Waals surface area contributed by atoms with Gasteiger partial charge in [0.1, 0.15) is 23.8 Å². The molecule has 10 heteroatoms. The average Bonchev–Trinajstić information content (AvgIpc) is 3.78. The molecule has 0 saturated carbocycles. The molecule has 0 atom stereocenters. The van der Waals surface area contributed by atoms with Gasteiger partial charge in [0.15, 0.2) is 5.82 Å². The van der Waals surface area contributed by atoms with Crippen molar-refractivity contribution in [2.45, 2.75) is 6.61 Å². The fourth-order valence-electron chi connectivity index (χ4n) is 4.86. The summed E-state index contributed by atoms with van der Waals surface area (Å²) in [7, 11) is 1.63. The minimum absolute atomic E-state index is 0.238. The highest BCUT2D eigenvalue weighted by Crippen LogP contribution is 2.27. The Labute approximate surface area is 273 Å². The number of nitrogens with zero attached hydrogens (tertiary/aromatic N) is 5. The predicted molar refractivity (Wildman–Crippen MR) is 183 cm³/mol. The number of benzene rings is 4. The van der Waals surface area contributed by atoms with Gasteiger partial charge in [0.25, 0.3) is 5.56 Å². The summed E-state index contributed by atoms with van der Waals surface area (Å²) < 4.78 is 14.9. The van der Waals surface area contributed by atoms with Crippen molar-refractivity contribution < 1.29 is 9.47 Å². The lowest BCUT2D eigenvalue weighted by Crippen LogP contribution is -2.23. The summed E-state index contributed by atoms with van der Waals surface area (Å²) >= 11 is 7.57. The molecule has 226 valence electrons. The highest BCUT2D eigenvalue weighted by atomic mass is 35.5. The fourth-order valence-corrected chi connectivity index (χ4v) is 5.96. The molecule has 3 aromatic heterocycles. The Morgan fingerprint density at radius 1 is 0.848 bits per heavy atom. The summed E-state index contributed by atoms with van der Waals surface area (Å²) in [5.74, 6) is 1.95. The molecule has 7 rings (SSSR count). The van der Waals surface area contributed by atoms with Gasteiger partial charge >= 0.3 is 0 Å². The number of hydrogen-bond donors (Lipinski definition) is 0. The lowest BCUT2D eigenvalue weighted by atomic mass is 10.1. The number of thiazole rings is 1. The summed E-state index contributed by atoms with van der Waals surface area (Å²) in [6.07, 6.45) is 7.45. The molecule has 3 heterocycles. The molecule has 46 heavy (non-hydrogen) atoms. The number of para-hydroxylation sites is 1. The van der Waals surface area contributed by atoms with Gasteiger partial charge < -0.3 is 9.47 Å². The Morgan fingerprint density at radius 3 is 2.33 bits per heavy atom. The SMILES string of the molecule is COc1ccc(/C=C/c2nc3s/c(=C\c4cn(-c5ccccc5)nc4-c4ccc(OCc5ccccc5Cl)cc4)c(=O)n3n2)cc1. The van der Waals surface area contributed by atoms with E-state index in [1.807, 2.05) is 126 Å². The summed E-state index contributed by atoms with van der Waals surface area (Å²) in [5, 5.41) is 10.0. The van der Waals surface area contributed by atoms with Crippen LogP contribution in [0.3, 0.4) is 0 Å². The van der Waals surface area contributed by atoms with Gasteiger partial charge in [0.2, 0.25) is 4.96 Å². The average molecular weight is 644 g/mol. The predicted octanol–water partition coefficient (Wildman–Crippen LogP) is 6.96. The van der Waals surface area contributed by atoms with Gasteiger partial charge in [0.05, 0.1) is 17.3 Å². The number of aromatic nitrogens is 5.